The normalized spacial score (nSPS) is 25.5. The molecule has 2 saturated heterocycles. The number of pyridine rings is 1. The first-order chi connectivity index (χ1) is 9.60. The van der Waals surface area contributed by atoms with E-state index in [1.807, 2.05) is 11.0 Å². The highest BCUT2D eigenvalue weighted by atomic mass is 16.5. The van der Waals surface area contributed by atoms with E-state index in [1.165, 1.54) is 0 Å². The Hall–Kier alpha value is -1.62. The van der Waals surface area contributed by atoms with Crippen LogP contribution >= 0.6 is 0 Å². The maximum absolute atomic E-state index is 12.6. The summed E-state index contributed by atoms with van der Waals surface area (Å²) in [6.45, 7) is 6.37. The Morgan fingerprint density at radius 1 is 1.35 bits per heavy atom. The zero-order chi connectivity index (χ0) is 14.3. The quantitative estimate of drug-likeness (QED) is 0.836. The third-order valence-corrected chi connectivity index (χ3v) is 4.34. The molecule has 2 atom stereocenters. The summed E-state index contributed by atoms with van der Waals surface area (Å²) in [5.74, 6) is 0.527. The highest BCUT2D eigenvalue weighted by Gasteiger charge is 2.47. The minimum absolute atomic E-state index is 0.0357. The summed E-state index contributed by atoms with van der Waals surface area (Å²) in [5, 5.41) is 0. The first kappa shape index (κ1) is 13.4. The fourth-order valence-corrected chi connectivity index (χ4v) is 3.18. The van der Waals surface area contributed by atoms with Gasteiger partial charge in [0, 0.05) is 37.3 Å². The summed E-state index contributed by atoms with van der Waals surface area (Å²) in [4.78, 5) is 21.3. The van der Waals surface area contributed by atoms with Crippen LogP contribution in [-0.2, 0) is 0 Å². The summed E-state index contributed by atoms with van der Waals surface area (Å²) in [6.07, 6.45) is 1.12. The molecule has 0 saturated carbocycles. The van der Waals surface area contributed by atoms with Crippen LogP contribution in [0.2, 0.25) is 0 Å². The smallest absolute Gasteiger partial charge is 0.273 e. The van der Waals surface area contributed by atoms with E-state index in [4.69, 9.17) is 4.74 Å². The first-order valence-electron chi connectivity index (χ1n) is 7.18. The minimum atomic E-state index is 0.0357. The topological polar surface area (TPSA) is 45.7 Å². The number of methoxy groups -OCH3 is 1. The Kier molecular flexibility index (Phi) is 3.38. The molecule has 0 radical (unpaired) electrons. The molecule has 3 rings (SSSR count). The number of hydrogen-bond acceptors (Lipinski definition) is 4. The van der Waals surface area contributed by atoms with Crippen LogP contribution < -0.4 is 4.74 Å². The van der Waals surface area contributed by atoms with E-state index in [0.717, 1.165) is 19.5 Å². The van der Waals surface area contributed by atoms with Crippen molar-refractivity contribution in [3.05, 3.63) is 23.9 Å². The molecular weight excluding hydrogens is 254 g/mol. The van der Waals surface area contributed by atoms with Crippen molar-refractivity contribution in [1.82, 2.24) is 14.8 Å². The van der Waals surface area contributed by atoms with Crippen LogP contribution in [0.3, 0.4) is 0 Å². The molecule has 5 heteroatoms. The molecule has 2 aliphatic heterocycles. The molecule has 0 aromatic carbocycles. The van der Waals surface area contributed by atoms with E-state index in [2.05, 4.69) is 23.7 Å². The lowest BCUT2D eigenvalue weighted by molar-refractivity contribution is -0.0566. The number of rotatable bonds is 3. The second-order valence-corrected chi connectivity index (χ2v) is 5.87. The monoisotopic (exact) mass is 275 g/mol. The Labute approximate surface area is 119 Å². The lowest BCUT2D eigenvalue weighted by Crippen LogP contribution is -2.70. The van der Waals surface area contributed by atoms with Crippen LogP contribution in [0.4, 0.5) is 0 Å². The van der Waals surface area contributed by atoms with Crippen LogP contribution in [-0.4, -0.2) is 59.0 Å². The summed E-state index contributed by atoms with van der Waals surface area (Å²) >= 11 is 0. The van der Waals surface area contributed by atoms with E-state index in [1.54, 1.807) is 19.2 Å². The Bertz CT molecular complexity index is 506. The number of nitrogens with zero attached hydrogens (tertiary/aromatic N) is 3. The molecule has 0 spiro atoms. The number of amides is 1. The number of carbonyl (C=O) groups is 1. The van der Waals surface area contributed by atoms with Crippen molar-refractivity contribution in [1.29, 1.82) is 0 Å². The lowest BCUT2D eigenvalue weighted by Gasteiger charge is -2.57. The Morgan fingerprint density at radius 3 is 2.65 bits per heavy atom. The van der Waals surface area contributed by atoms with E-state index in [9.17, 15) is 4.79 Å². The van der Waals surface area contributed by atoms with Gasteiger partial charge in [-0.3, -0.25) is 9.69 Å². The third kappa shape index (κ3) is 2.16. The van der Waals surface area contributed by atoms with Gasteiger partial charge in [-0.1, -0.05) is 6.07 Å². The first-order valence-corrected chi connectivity index (χ1v) is 7.18. The number of fused-ring (bicyclic) bond motifs is 2. The fraction of sp³-hybridized carbons (Fsp3) is 0.600. The van der Waals surface area contributed by atoms with Gasteiger partial charge in [0.1, 0.15) is 5.69 Å². The van der Waals surface area contributed by atoms with Gasteiger partial charge < -0.3 is 9.64 Å². The molecule has 20 heavy (non-hydrogen) atoms. The molecule has 2 aliphatic rings. The molecule has 0 aliphatic carbocycles. The highest BCUT2D eigenvalue weighted by Crippen LogP contribution is 2.34. The average Bonchev–Trinajstić information content (AvgIpc) is 2.47. The van der Waals surface area contributed by atoms with Gasteiger partial charge in [-0.2, -0.15) is 0 Å². The van der Waals surface area contributed by atoms with Crippen molar-refractivity contribution in [2.24, 2.45) is 0 Å². The molecule has 2 fully saturated rings. The van der Waals surface area contributed by atoms with Gasteiger partial charge in [-0.25, -0.2) is 4.98 Å². The number of carbonyl (C=O) groups excluding carboxylic acids is 1. The standard InChI is InChI=1S/C15H21N3O2/c1-10(2)17-8-11-7-12(9-17)18(11)15(19)13-5-4-6-14(16-13)20-3/h4-6,10-12H,7-9H2,1-3H3. The van der Waals surface area contributed by atoms with Gasteiger partial charge in [0.15, 0.2) is 0 Å². The largest absolute Gasteiger partial charge is 0.481 e. The van der Waals surface area contributed by atoms with Crippen molar-refractivity contribution in [3.63, 3.8) is 0 Å². The zero-order valence-electron chi connectivity index (χ0n) is 12.2. The Morgan fingerprint density at radius 2 is 2.05 bits per heavy atom. The van der Waals surface area contributed by atoms with E-state index in [-0.39, 0.29) is 5.91 Å². The maximum Gasteiger partial charge on any atom is 0.273 e. The predicted molar refractivity (Wildman–Crippen MR) is 75.9 cm³/mol. The van der Waals surface area contributed by atoms with E-state index < -0.39 is 0 Å². The zero-order valence-corrected chi connectivity index (χ0v) is 12.2. The Balaban J connectivity index is 1.73. The lowest BCUT2D eigenvalue weighted by atomic mass is 9.86. The van der Waals surface area contributed by atoms with Gasteiger partial charge in [0.05, 0.1) is 7.11 Å². The molecule has 1 amide bonds. The summed E-state index contributed by atoms with van der Waals surface area (Å²) < 4.78 is 5.09. The summed E-state index contributed by atoms with van der Waals surface area (Å²) in [6, 6.07) is 6.57. The number of hydrogen-bond donors (Lipinski definition) is 0. The van der Waals surface area contributed by atoms with Crippen molar-refractivity contribution >= 4 is 5.91 Å². The van der Waals surface area contributed by atoms with Crippen LogP contribution in [0.1, 0.15) is 30.8 Å². The van der Waals surface area contributed by atoms with E-state index in [0.29, 0.717) is 29.7 Å². The highest BCUT2D eigenvalue weighted by molar-refractivity contribution is 5.93. The minimum Gasteiger partial charge on any atom is -0.481 e. The van der Waals surface area contributed by atoms with Gasteiger partial charge in [-0.05, 0) is 26.3 Å². The second-order valence-electron chi connectivity index (χ2n) is 5.87. The molecular formula is C15H21N3O2. The number of likely N-dealkylation sites (tertiary alicyclic amines) is 2. The van der Waals surface area contributed by atoms with Gasteiger partial charge in [0.25, 0.3) is 5.91 Å². The van der Waals surface area contributed by atoms with E-state index >= 15 is 0 Å². The van der Waals surface area contributed by atoms with Crippen LogP contribution in [0.25, 0.3) is 0 Å². The summed E-state index contributed by atoms with van der Waals surface area (Å²) in [5.41, 5.74) is 0.483. The van der Waals surface area contributed by atoms with Gasteiger partial charge in [-0.15, -0.1) is 0 Å². The number of piperazine rings is 1. The van der Waals surface area contributed by atoms with Crippen LogP contribution in [0.15, 0.2) is 18.2 Å². The van der Waals surface area contributed by atoms with Crippen molar-refractivity contribution in [2.75, 3.05) is 20.2 Å². The predicted octanol–water partition coefficient (Wildman–Crippen LogP) is 1.40. The molecule has 2 unspecified atom stereocenters. The van der Waals surface area contributed by atoms with Crippen molar-refractivity contribution in [3.8, 4) is 5.88 Å². The average molecular weight is 275 g/mol. The molecule has 3 heterocycles. The molecule has 108 valence electrons. The molecule has 1 aromatic rings. The SMILES string of the molecule is COc1cccc(C(=O)N2C3CC2CN(C(C)C)C3)n1. The number of ether oxygens (including phenoxy) is 1. The third-order valence-electron chi connectivity index (χ3n) is 4.34. The number of piperidine rings is 1. The van der Waals surface area contributed by atoms with Gasteiger partial charge in [0.2, 0.25) is 5.88 Å². The van der Waals surface area contributed by atoms with Crippen molar-refractivity contribution in [2.45, 2.75) is 38.4 Å². The summed E-state index contributed by atoms with van der Waals surface area (Å²) in [7, 11) is 1.56. The molecule has 5 nitrogen and oxygen atoms in total. The molecule has 2 bridgehead atoms. The number of aromatic nitrogens is 1. The van der Waals surface area contributed by atoms with Crippen LogP contribution in [0.5, 0.6) is 5.88 Å². The van der Waals surface area contributed by atoms with Gasteiger partial charge >= 0.3 is 0 Å². The maximum atomic E-state index is 12.6. The second kappa shape index (κ2) is 5.05. The molecule has 0 N–H and O–H groups in total. The molecule has 1 aromatic heterocycles. The fourth-order valence-electron chi connectivity index (χ4n) is 3.18. The van der Waals surface area contributed by atoms with Crippen LogP contribution in [0, 0.1) is 0 Å². The van der Waals surface area contributed by atoms with Crippen molar-refractivity contribution < 1.29 is 9.53 Å².